The number of hydrazine groups is 1. The summed E-state index contributed by atoms with van der Waals surface area (Å²) in [6, 6.07) is 0.363. The fraction of sp³-hybridized carbons (Fsp3) is 0.923. The van der Waals surface area contributed by atoms with E-state index in [0.29, 0.717) is 18.4 Å². The van der Waals surface area contributed by atoms with E-state index in [2.05, 4.69) is 22.4 Å². The van der Waals surface area contributed by atoms with Gasteiger partial charge in [-0.2, -0.15) is 0 Å². The summed E-state index contributed by atoms with van der Waals surface area (Å²) in [5.74, 6) is 0.720. The second kappa shape index (κ2) is 6.50. The fourth-order valence-corrected chi connectivity index (χ4v) is 2.79. The molecule has 0 aromatic carbocycles. The van der Waals surface area contributed by atoms with E-state index < -0.39 is 0 Å². The van der Waals surface area contributed by atoms with Crippen LogP contribution in [0.3, 0.4) is 0 Å². The first-order valence-corrected chi connectivity index (χ1v) is 7.12. The summed E-state index contributed by atoms with van der Waals surface area (Å²) in [7, 11) is 2.12. The highest BCUT2D eigenvalue weighted by Gasteiger charge is 2.22. The molecule has 0 aromatic heterocycles. The molecule has 0 spiro atoms. The van der Waals surface area contributed by atoms with Crippen molar-refractivity contribution < 1.29 is 4.79 Å². The molecule has 1 saturated carbocycles. The highest BCUT2D eigenvalue weighted by atomic mass is 16.2. The van der Waals surface area contributed by atoms with Crippen molar-refractivity contribution in [3.63, 3.8) is 0 Å². The number of likely N-dealkylation sites (N-methyl/N-ethyl adjacent to an activating group) is 1. The molecule has 104 valence electrons. The molecule has 1 aliphatic carbocycles. The smallest absolute Gasteiger partial charge is 0.234 e. The molecule has 0 bridgehead atoms. The summed E-state index contributed by atoms with van der Waals surface area (Å²) in [5.41, 5.74) is 8.91. The average molecular weight is 254 g/mol. The summed E-state index contributed by atoms with van der Waals surface area (Å²) in [5, 5.41) is 2.05. The van der Waals surface area contributed by atoms with Crippen LogP contribution in [0.4, 0.5) is 0 Å². The van der Waals surface area contributed by atoms with Crippen molar-refractivity contribution in [2.24, 2.45) is 11.7 Å². The van der Waals surface area contributed by atoms with Crippen LogP contribution in [0.15, 0.2) is 0 Å². The Bertz CT molecular complexity index is 242. The lowest BCUT2D eigenvalue weighted by atomic mass is 9.84. The van der Waals surface area contributed by atoms with Crippen molar-refractivity contribution >= 4 is 5.91 Å². The number of carbonyl (C=O) groups excluding carboxylic acids is 1. The zero-order valence-corrected chi connectivity index (χ0v) is 11.4. The maximum absolute atomic E-state index is 11.9. The maximum atomic E-state index is 11.9. The van der Waals surface area contributed by atoms with Gasteiger partial charge < -0.3 is 10.6 Å². The van der Waals surface area contributed by atoms with E-state index in [-0.39, 0.29) is 5.91 Å². The third-order valence-corrected chi connectivity index (χ3v) is 4.15. The lowest BCUT2D eigenvalue weighted by molar-refractivity contribution is -0.127. The number of nitrogens with zero attached hydrogens (tertiary/aromatic N) is 2. The fourth-order valence-electron chi connectivity index (χ4n) is 2.79. The molecule has 18 heavy (non-hydrogen) atoms. The quantitative estimate of drug-likeness (QED) is 0.754. The van der Waals surface area contributed by atoms with E-state index in [4.69, 9.17) is 5.73 Å². The number of carbonyl (C=O) groups is 1. The second-order valence-electron chi connectivity index (χ2n) is 5.81. The summed E-state index contributed by atoms with van der Waals surface area (Å²) in [6.45, 7) is 3.91. The molecule has 3 N–H and O–H groups in total. The minimum absolute atomic E-state index is 0.181. The number of piperazine rings is 1. The van der Waals surface area contributed by atoms with Crippen LogP contribution in [0.2, 0.25) is 0 Å². The summed E-state index contributed by atoms with van der Waals surface area (Å²) >= 11 is 0. The van der Waals surface area contributed by atoms with Crippen molar-refractivity contribution in [2.75, 3.05) is 33.2 Å². The van der Waals surface area contributed by atoms with Gasteiger partial charge in [0, 0.05) is 38.6 Å². The van der Waals surface area contributed by atoms with Crippen molar-refractivity contribution in [1.82, 2.24) is 15.3 Å². The van der Waals surface area contributed by atoms with E-state index in [1.54, 1.807) is 0 Å². The standard InChI is InChI=1S/C13H26N4O/c1-16-6-8-17(9-7-16)15-13(18)10-11-2-4-12(14)5-3-11/h11-12H,2-10,14H2,1H3,(H,15,18). The molecule has 1 saturated heterocycles. The van der Waals surface area contributed by atoms with Crippen molar-refractivity contribution in [3.05, 3.63) is 0 Å². The van der Waals surface area contributed by atoms with Gasteiger partial charge in [-0.05, 0) is 38.6 Å². The molecule has 0 aromatic rings. The zero-order valence-electron chi connectivity index (χ0n) is 11.4. The first-order valence-electron chi connectivity index (χ1n) is 7.12. The van der Waals surface area contributed by atoms with Crippen LogP contribution >= 0.6 is 0 Å². The Morgan fingerprint density at radius 3 is 2.39 bits per heavy atom. The van der Waals surface area contributed by atoms with Crippen molar-refractivity contribution in [3.8, 4) is 0 Å². The Balaban J connectivity index is 1.66. The lowest BCUT2D eigenvalue weighted by Crippen LogP contribution is -2.52. The molecule has 2 fully saturated rings. The molecule has 2 rings (SSSR count). The highest BCUT2D eigenvalue weighted by molar-refractivity contribution is 5.75. The van der Waals surface area contributed by atoms with E-state index in [1.165, 1.54) is 0 Å². The number of nitrogens with one attached hydrogen (secondary N) is 1. The molecular formula is C13H26N4O. The summed E-state index contributed by atoms with van der Waals surface area (Å²) < 4.78 is 0. The molecule has 0 radical (unpaired) electrons. The first kappa shape index (κ1) is 13.8. The van der Waals surface area contributed by atoms with Crippen molar-refractivity contribution in [1.29, 1.82) is 0 Å². The van der Waals surface area contributed by atoms with Gasteiger partial charge in [0.25, 0.3) is 0 Å². The number of hydrogen-bond acceptors (Lipinski definition) is 4. The van der Waals surface area contributed by atoms with E-state index >= 15 is 0 Å². The van der Waals surface area contributed by atoms with Crippen LogP contribution in [0, 0.1) is 5.92 Å². The molecule has 1 amide bonds. The minimum atomic E-state index is 0.181. The number of hydrogen-bond donors (Lipinski definition) is 2. The average Bonchev–Trinajstić information content (AvgIpc) is 2.35. The third-order valence-electron chi connectivity index (χ3n) is 4.15. The Labute approximate surface area is 110 Å². The molecule has 1 heterocycles. The topological polar surface area (TPSA) is 61.6 Å². The highest BCUT2D eigenvalue weighted by Crippen LogP contribution is 2.25. The normalized spacial score (nSPS) is 31.2. The number of amides is 1. The summed E-state index contributed by atoms with van der Waals surface area (Å²) in [6.07, 6.45) is 5.03. The Kier molecular flexibility index (Phi) is 4.97. The second-order valence-corrected chi connectivity index (χ2v) is 5.81. The molecule has 2 aliphatic rings. The SMILES string of the molecule is CN1CCN(NC(=O)CC2CCC(N)CC2)CC1. The van der Waals surface area contributed by atoms with Gasteiger partial charge in [-0.25, -0.2) is 5.01 Å². The summed E-state index contributed by atoms with van der Waals surface area (Å²) in [4.78, 5) is 14.2. The Hall–Kier alpha value is -0.650. The number of nitrogens with two attached hydrogens (primary N) is 1. The van der Waals surface area contributed by atoms with Crippen LogP contribution in [0.1, 0.15) is 32.1 Å². The first-order chi connectivity index (χ1) is 8.63. The molecule has 0 unspecified atom stereocenters. The molecule has 1 aliphatic heterocycles. The molecule has 5 nitrogen and oxygen atoms in total. The van der Waals surface area contributed by atoms with Crippen LogP contribution in [0.25, 0.3) is 0 Å². The zero-order chi connectivity index (χ0) is 13.0. The van der Waals surface area contributed by atoms with E-state index in [9.17, 15) is 4.79 Å². The van der Waals surface area contributed by atoms with Crippen LogP contribution < -0.4 is 11.2 Å². The van der Waals surface area contributed by atoms with Gasteiger partial charge in [0.2, 0.25) is 5.91 Å². The van der Waals surface area contributed by atoms with Gasteiger partial charge in [-0.1, -0.05) is 0 Å². The van der Waals surface area contributed by atoms with E-state index in [0.717, 1.165) is 51.9 Å². The molecular weight excluding hydrogens is 228 g/mol. The predicted molar refractivity (Wildman–Crippen MR) is 71.8 cm³/mol. The third kappa shape index (κ3) is 4.23. The van der Waals surface area contributed by atoms with E-state index in [1.807, 2.05) is 0 Å². The van der Waals surface area contributed by atoms with Gasteiger partial charge in [-0.3, -0.25) is 10.2 Å². The maximum Gasteiger partial charge on any atom is 0.234 e. The van der Waals surface area contributed by atoms with Crippen LogP contribution in [-0.4, -0.2) is 55.1 Å². The van der Waals surface area contributed by atoms with Gasteiger partial charge in [-0.15, -0.1) is 0 Å². The van der Waals surface area contributed by atoms with Gasteiger partial charge >= 0.3 is 0 Å². The molecule has 0 atom stereocenters. The van der Waals surface area contributed by atoms with Gasteiger partial charge in [0.1, 0.15) is 0 Å². The Morgan fingerprint density at radius 1 is 1.17 bits per heavy atom. The number of rotatable bonds is 3. The van der Waals surface area contributed by atoms with Crippen LogP contribution in [0.5, 0.6) is 0 Å². The minimum Gasteiger partial charge on any atom is -0.328 e. The monoisotopic (exact) mass is 254 g/mol. The lowest BCUT2D eigenvalue weighted by Gasteiger charge is -2.33. The van der Waals surface area contributed by atoms with Gasteiger partial charge in [0.05, 0.1) is 0 Å². The van der Waals surface area contributed by atoms with Crippen LogP contribution in [-0.2, 0) is 4.79 Å². The van der Waals surface area contributed by atoms with Gasteiger partial charge in [0.15, 0.2) is 0 Å². The largest absolute Gasteiger partial charge is 0.328 e. The Morgan fingerprint density at radius 2 is 1.78 bits per heavy atom. The van der Waals surface area contributed by atoms with Crippen molar-refractivity contribution in [2.45, 2.75) is 38.1 Å². The predicted octanol–water partition coefficient (Wildman–Crippen LogP) is 0.173. The molecule has 5 heteroatoms.